The number of unbranched alkanes of at least 4 members (excludes halogenated alkanes) is 4. The molecule has 0 aliphatic heterocycles. The van der Waals surface area contributed by atoms with E-state index in [0.29, 0.717) is 0 Å². The van der Waals surface area contributed by atoms with Crippen LogP contribution in [0.5, 0.6) is 0 Å². The summed E-state index contributed by atoms with van der Waals surface area (Å²) in [6.45, 7) is 2.24. The predicted octanol–water partition coefficient (Wildman–Crippen LogP) is 3.42. The van der Waals surface area contributed by atoms with Gasteiger partial charge in [0.05, 0.1) is 0 Å². The fourth-order valence-electron chi connectivity index (χ4n) is 0.963. The van der Waals surface area contributed by atoms with Gasteiger partial charge in [0.2, 0.25) is 0 Å². The normalized spacial score (nSPS) is 11.6. The molecule has 0 saturated carbocycles. The molecule has 1 heteroatoms. The van der Waals surface area contributed by atoms with Crippen molar-refractivity contribution in [3.63, 3.8) is 0 Å². The van der Waals surface area contributed by atoms with Crippen LogP contribution in [0.2, 0.25) is 0 Å². The van der Waals surface area contributed by atoms with Crippen LogP contribution in [0.1, 0.15) is 39.0 Å². The number of hydrogen-bond acceptors (Lipinski definition) is 0. The van der Waals surface area contributed by atoms with E-state index in [0.717, 1.165) is 0 Å². The second-order valence-electron chi connectivity index (χ2n) is 2.77. The third kappa shape index (κ3) is 9.84. The molecule has 0 rings (SSSR count). The first-order chi connectivity index (χ1) is 5.91. The van der Waals surface area contributed by atoms with E-state index in [4.69, 9.17) is 0 Å². The summed E-state index contributed by atoms with van der Waals surface area (Å²) in [6.07, 6.45) is 14.7. The van der Waals surface area contributed by atoms with Gasteiger partial charge in [0.25, 0.3) is 0 Å². The van der Waals surface area contributed by atoms with Gasteiger partial charge in [-0.1, -0.05) is 0 Å². The summed E-state index contributed by atoms with van der Waals surface area (Å²) in [7, 11) is 0. The molecule has 0 unspecified atom stereocenters. The van der Waals surface area contributed by atoms with Gasteiger partial charge in [0, 0.05) is 0 Å². The molecule has 0 atom stereocenters. The molecule has 0 fully saturated rings. The molecule has 0 heterocycles. The monoisotopic (exact) mass is 208 g/mol. The zero-order valence-electron chi connectivity index (χ0n) is 7.74. The van der Waals surface area contributed by atoms with E-state index in [-0.39, 0.29) is 0 Å². The van der Waals surface area contributed by atoms with E-state index in [1.807, 2.05) is 12.2 Å². The Morgan fingerprint density at radius 2 is 1.83 bits per heavy atom. The maximum absolute atomic E-state index is 4.38. The Balaban J connectivity index is 3.13. The Kier molecular flexibility index (Phi) is 10.7. The molecule has 0 radical (unpaired) electrons. The average molecular weight is 209 g/mol. The SMILES string of the molecule is CCCCCC/C=C\C=C\[CH]=[Ni]. The van der Waals surface area contributed by atoms with E-state index in [9.17, 15) is 0 Å². The van der Waals surface area contributed by atoms with Gasteiger partial charge in [-0.2, -0.15) is 0 Å². The zero-order chi connectivity index (χ0) is 9.07. The third-order valence-electron chi connectivity index (χ3n) is 1.64. The van der Waals surface area contributed by atoms with E-state index in [2.05, 4.69) is 34.1 Å². The quantitative estimate of drug-likeness (QED) is 0.342. The van der Waals surface area contributed by atoms with Crippen molar-refractivity contribution in [2.45, 2.75) is 39.0 Å². The van der Waals surface area contributed by atoms with Gasteiger partial charge >= 0.3 is 83.4 Å². The molecular formula is C11H18Ni. The van der Waals surface area contributed by atoms with Crippen molar-refractivity contribution in [3.05, 3.63) is 24.3 Å². The van der Waals surface area contributed by atoms with E-state index >= 15 is 0 Å². The van der Waals surface area contributed by atoms with Crippen LogP contribution in [0.15, 0.2) is 24.3 Å². The van der Waals surface area contributed by atoms with Crippen LogP contribution in [0.25, 0.3) is 0 Å². The van der Waals surface area contributed by atoms with Crippen molar-refractivity contribution < 1.29 is 15.0 Å². The van der Waals surface area contributed by atoms with Crippen LogP contribution >= 0.6 is 0 Å². The summed E-state index contributed by atoms with van der Waals surface area (Å²) >= 11 is 4.38. The molecule has 0 bridgehead atoms. The van der Waals surface area contributed by atoms with Gasteiger partial charge in [-0.25, -0.2) is 0 Å². The maximum atomic E-state index is 4.38. The molecular weight excluding hydrogens is 191 g/mol. The van der Waals surface area contributed by atoms with E-state index < -0.39 is 0 Å². The molecule has 0 aromatic heterocycles. The van der Waals surface area contributed by atoms with Crippen LogP contribution < -0.4 is 0 Å². The Hall–Kier alpha value is -0.156. The molecule has 0 aromatic carbocycles. The van der Waals surface area contributed by atoms with Crippen molar-refractivity contribution in [1.29, 1.82) is 0 Å². The molecule has 0 spiro atoms. The molecule has 0 N–H and O–H groups in total. The van der Waals surface area contributed by atoms with Crippen molar-refractivity contribution in [2.24, 2.45) is 0 Å². The van der Waals surface area contributed by atoms with Crippen LogP contribution in [-0.2, 0) is 15.0 Å². The molecule has 0 aliphatic carbocycles. The van der Waals surface area contributed by atoms with Crippen LogP contribution in [0, 0.1) is 0 Å². The van der Waals surface area contributed by atoms with Gasteiger partial charge in [-0.3, -0.25) is 0 Å². The minimum atomic E-state index is 1.20. The van der Waals surface area contributed by atoms with Crippen molar-refractivity contribution in [3.8, 4) is 0 Å². The average Bonchev–Trinajstić information content (AvgIpc) is 2.10. The summed E-state index contributed by atoms with van der Waals surface area (Å²) in [4.78, 5) is 1.67. The molecule has 0 saturated heterocycles. The van der Waals surface area contributed by atoms with Crippen molar-refractivity contribution in [2.75, 3.05) is 0 Å². The Morgan fingerprint density at radius 3 is 2.50 bits per heavy atom. The standard InChI is InChI=1S/C11H18.Ni/c1-3-5-7-9-11-10-8-6-4-2;/h1,3,5,7,9H,4,6,8,10-11H2,2H3;/b5-3+,9-7-;. The Morgan fingerprint density at radius 1 is 1.00 bits per heavy atom. The number of rotatable bonds is 7. The fraction of sp³-hybridized carbons (Fsp3) is 0.545. The summed E-state index contributed by atoms with van der Waals surface area (Å²) in [5, 5.41) is 0. The summed E-state index contributed by atoms with van der Waals surface area (Å²) in [6, 6.07) is 0. The molecule has 0 aliphatic rings. The van der Waals surface area contributed by atoms with Gasteiger partial charge in [0.15, 0.2) is 0 Å². The summed E-state index contributed by atoms with van der Waals surface area (Å²) in [5.74, 6) is 0. The molecule has 72 valence electrons. The molecule has 0 aromatic rings. The number of allylic oxidation sites excluding steroid dienone is 4. The third-order valence-corrected chi connectivity index (χ3v) is 1.83. The van der Waals surface area contributed by atoms with Gasteiger partial charge < -0.3 is 0 Å². The zero-order valence-corrected chi connectivity index (χ0v) is 8.73. The summed E-state index contributed by atoms with van der Waals surface area (Å²) < 4.78 is 0. The van der Waals surface area contributed by atoms with E-state index in [1.54, 1.807) is 4.99 Å². The predicted molar refractivity (Wildman–Crippen MR) is 53.1 cm³/mol. The van der Waals surface area contributed by atoms with Gasteiger partial charge in [-0.15, -0.1) is 0 Å². The van der Waals surface area contributed by atoms with Crippen LogP contribution in [0.3, 0.4) is 0 Å². The van der Waals surface area contributed by atoms with Crippen LogP contribution in [0.4, 0.5) is 0 Å². The second kappa shape index (κ2) is 10.8. The van der Waals surface area contributed by atoms with Crippen LogP contribution in [-0.4, -0.2) is 4.99 Å². The fourth-order valence-corrected chi connectivity index (χ4v) is 1.07. The summed E-state index contributed by atoms with van der Waals surface area (Å²) in [5.41, 5.74) is 0. The topological polar surface area (TPSA) is 0 Å². The first kappa shape index (κ1) is 11.8. The first-order valence-electron chi connectivity index (χ1n) is 4.63. The molecule has 12 heavy (non-hydrogen) atoms. The second-order valence-corrected chi connectivity index (χ2v) is 3.10. The van der Waals surface area contributed by atoms with Gasteiger partial charge in [0.1, 0.15) is 0 Å². The first-order valence-corrected chi connectivity index (χ1v) is 5.20. The Labute approximate surface area is 83.7 Å². The van der Waals surface area contributed by atoms with Gasteiger partial charge in [-0.05, 0) is 0 Å². The molecule has 0 amide bonds. The van der Waals surface area contributed by atoms with Crippen molar-refractivity contribution >= 4 is 4.99 Å². The molecule has 0 nitrogen and oxygen atoms in total. The minimum absolute atomic E-state index is 1.20. The Bertz CT molecular complexity index is 145. The van der Waals surface area contributed by atoms with E-state index in [1.165, 1.54) is 32.1 Å². The number of hydrogen-bond donors (Lipinski definition) is 0. The van der Waals surface area contributed by atoms with Crippen molar-refractivity contribution in [1.82, 2.24) is 0 Å².